The van der Waals surface area contributed by atoms with Gasteiger partial charge in [-0.2, -0.15) is 0 Å². The second kappa shape index (κ2) is 3.51. The van der Waals surface area contributed by atoms with Gasteiger partial charge in [0, 0.05) is 0 Å². The maximum absolute atomic E-state index is 12.9. The summed E-state index contributed by atoms with van der Waals surface area (Å²) in [6.45, 7) is 5.79. The highest BCUT2D eigenvalue weighted by Crippen LogP contribution is 2.11. The Bertz CT molecular complexity index is 228. The Balaban J connectivity index is 2.78. The van der Waals surface area contributed by atoms with E-state index in [-0.39, 0.29) is 11.7 Å². The molecule has 11 heavy (non-hydrogen) atoms. The summed E-state index contributed by atoms with van der Waals surface area (Å²) in [6.07, 6.45) is 0.715. The number of benzene rings is 1. The van der Waals surface area contributed by atoms with Crippen LogP contribution in [0.4, 0.5) is 4.39 Å². The Labute approximate surface area is 67.1 Å². The van der Waals surface area contributed by atoms with E-state index >= 15 is 0 Å². The molecule has 0 aromatic heterocycles. The molecule has 0 aliphatic heterocycles. The van der Waals surface area contributed by atoms with Gasteiger partial charge in [0.15, 0.2) is 0 Å². The van der Waals surface area contributed by atoms with E-state index in [2.05, 4.69) is 6.92 Å². The molecule has 1 unspecified atom stereocenters. The molecule has 1 atom stereocenters. The number of rotatable bonds is 2. The topological polar surface area (TPSA) is 0 Å². The van der Waals surface area contributed by atoms with Crippen LogP contribution in [0.2, 0.25) is 0 Å². The van der Waals surface area contributed by atoms with Gasteiger partial charge in [0.05, 0.1) is 0 Å². The van der Waals surface area contributed by atoms with E-state index in [0.29, 0.717) is 6.42 Å². The van der Waals surface area contributed by atoms with E-state index in [9.17, 15) is 4.39 Å². The fraction of sp³-hybridized carbons (Fsp3) is 0.300. The van der Waals surface area contributed by atoms with Crippen molar-refractivity contribution >= 4 is 0 Å². The maximum Gasteiger partial charge on any atom is 0.126 e. The summed E-state index contributed by atoms with van der Waals surface area (Å²) >= 11 is 0. The Hall–Kier alpha value is -0.850. The molecule has 1 radical (unpaired) electrons. The molecule has 0 aliphatic rings. The van der Waals surface area contributed by atoms with Crippen LogP contribution in [-0.4, -0.2) is 0 Å². The smallest absolute Gasteiger partial charge is 0.126 e. The van der Waals surface area contributed by atoms with Gasteiger partial charge in [-0.25, -0.2) is 4.39 Å². The first-order chi connectivity index (χ1) is 5.20. The van der Waals surface area contributed by atoms with E-state index in [0.717, 1.165) is 5.56 Å². The average molecular weight is 151 g/mol. The number of hydrogen-bond acceptors (Lipinski definition) is 0. The summed E-state index contributed by atoms with van der Waals surface area (Å²) in [5, 5.41) is 0. The van der Waals surface area contributed by atoms with E-state index in [4.69, 9.17) is 0 Å². The third kappa shape index (κ3) is 2.34. The molecule has 0 amide bonds. The van der Waals surface area contributed by atoms with Crippen molar-refractivity contribution in [1.29, 1.82) is 0 Å². The van der Waals surface area contributed by atoms with Gasteiger partial charge in [0.1, 0.15) is 5.82 Å². The molecule has 0 saturated heterocycles. The minimum Gasteiger partial charge on any atom is -0.207 e. The van der Waals surface area contributed by atoms with Gasteiger partial charge in [-0.3, -0.25) is 0 Å². The van der Waals surface area contributed by atoms with Gasteiger partial charge in [0.25, 0.3) is 0 Å². The lowest BCUT2D eigenvalue weighted by Crippen LogP contribution is -1.96. The van der Waals surface area contributed by atoms with E-state index in [1.165, 1.54) is 6.07 Å². The van der Waals surface area contributed by atoms with Crippen LogP contribution in [0, 0.1) is 18.7 Å². The Morgan fingerprint density at radius 3 is 2.64 bits per heavy atom. The first kappa shape index (κ1) is 8.25. The van der Waals surface area contributed by atoms with Crippen LogP contribution in [0.5, 0.6) is 0 Å². The molecule has 0 heterocycles. The average Bonchev–Trinajstić information content (AvgIpc) is 1.93. The van der Waals surface area contributed by atoms with Crippen molar-refractivity contribution < 1.29 is 4.39 Å². The van der Waals surface area contributed by atoms with Crippen LogP contribution >= 0.6 is 0 Å². The highest BCUT2D eigenvalue weighted by molar-refractivity contribution is 5.17. The lowest BCUT2D eigenvalue weighted by molar-refractivity contribution is 0.591. The summed E-state index contributed by atoms with van der Waals surface area (Å²) in [6, 6.07) is 6.84. The molecular formula is C10H12F. The molecule has 0 nitrogen and oxygen atoms in total. The molecule has 1 heteroatoms. The van der Waals surface area contributed by atoms with Crippen LogP contribution in [0.1, 0.15) is 12.5 Å². The van der Waals surface area contributed by atoms with E-state index in [1.807, 2.05) is 13.0 Å². The summed E-state index contributed by atoms with van der Waals surface area (Å²) < 4.78 is 12.9. The molecule has 0 saturated carbocycles. The van der Waals surface area contributed by atoms with Crippen LogP contribution in [0.25, 0.3) is 0 Å². The minimum absolute atomic E-state index is 0.122. The fourth-order valence-electron chi connectivity index (χ4n) is 1.04. The van der Waals surface area contributed by atoms with Crippen molar-refractivity contribution in [3.05, 3.63) is 42.6 Å². The zero-order chi connectivity index (χ0) is 8.27. The summed E-state index contributed by atoms with van der Waals surface area (Å²) in [5.41, 5.74) is 0.759. The monoisotopic (exact) mass is 151 g/mol. The van der Waals surface area contributed by atoms with Crippen molar-refractivity contribution in [3.8, 4) is 0 Å². The molecule has 1 aromatic rings. The standard InChI is InChI=1S/C10H12F/c1-8(2)7-9-5-3-4-6-10(9)11/h3-6,8H,1,7H2,2H3. The summed E-state index contributed by atoms with van der Waals surface area (Å²) in [5.74, 6) is 0.148. The lowest BCUT2D eigenvalue weighted by atomic mass is 10.0. The Morgan fingerprint density at radius 2 is 2.09 bits per heavy atom. The van der Waals surface area contributed by atoms with Gasteiger partial charge in [0.2, 0.25) is 0 Å². The quantitative estimate of drug-likeness (QED) is 0.609. The molecule has 0 aliphatic carbocycles. The predicted molar refractivity (Wildman–Crippen MR) is 44.6 cm³/mol. The fourth-order valence-corrected chi connectivity index (χ4v) is 1.04. The van der Waals surface area contributed by atoms with Crippen molar-refractivity contribution in [3.63, 3.8) is 0 Å². The summed E-state index contributed by atoms with van der Waals surface area (Å²) in [4.78, 5) is 0. The lowest BCUT2D eigenvalue weighted by Gasteiger charge is -2.04. The second-order valence-corrected chi connectivity index (χ2v) is 2.90. The predicted octanol–water partition coefficient (Wildman–Crippen LogP) is 2.84. The van der Waals surface area contributed by atoms with Crippen molar-refractivity contribution in [2.75, 3.05) is 0 Å². The molecule has 0 spiro atoms. The maximum atomic E-state index is 12.9. The minimum atomic E-state index is -0.122. The van der Waals surface area contributed by atoms with Gasteiger partial charge in [-0.15, -0.1) is 0 Å². The molecule has 1 aromatic carbocycles. The Kier molecular flexibility index (Phi) is 2.64. The van der Waals surface area contributed by atoms with E-state index in [1.54, 1.807) is 12.1 Å². The van der Waals surface area contributed by atoms with Gasteiger partial charge in [-0.1, -0.05) is 32.0 Å². The highest BCUT2D eigenvalue weighted by Gasteiger charge is 2.01. The molecule has 0 fully saturated rings. The molecular weight excluding hydrogens is 139 g/mol. The zero-order valence-corrected chi connectivity index (χ0v) is 6.68. The molecule has 0 bridgehead atoms. The Morgan fingerprint density at radius 1 is 1.45 bits per heavy atom. The second-order valence-electron chi connectivity index (χ2n) is 2.90. The van der Waals surface area contributed by atoms with Gasteiger partial charge in [-0.05, 0) is 24.0 Å². The third-order valence-electron chi connectivity index (χ3n) is 1.53. The SMILES string of the molecule is [CH2]C(C)Cc1ccccc1F. The van der Waals surface area contributed by atoms with Gasteiger partial charge < -0.3 is 0 Å². The van der Waals surface area contributed by atoms with Crippen LogP contribution < -0.4 is 0 Å². The molecule has 59 valence electrons. The first-order valence-electron chi connectivity index (χ1n) is 3.76. The van der Waals surface area contributed by atoms with Gasteiger partial charge >= 0.3 is 0 Å². The zero-order valence-electron chi connectivity index (χ0n) is 6.68. The number of halogens is 1. The van der Waals surface area contributed by atoms with Crippen molar-refractivity contribution in [1.82, 2.24) is 0 Å². The van der Waals surface area contributed by atoms with Crippen LogP contribution in [0.3, 0.4) is 0 Å². The highest BCUT2D eigenvalue weighted by atomic mass is 19.1. The normalized spacial score (nSPS) is 10.5. The third-order valence-corrected chi connectivity index (χ3v) is 1.53. The van der Waals surface area contributed by atoms with Crippen LogP contribution in [-0.2, 0) is 6.42 Å². The van der Waals surface area contributed by atoms with Crippen LogP contribution in [0.15, 0.2) is 24.3 Å². The summed E-state index contributed by atoms with van der Waals surface area (Å²) in [7, 11) is 0. The van der Waals surface area contributed by atoms with E-state index < -0.39 is 0 Å². The van der Waals surface area contributed by atoms with Crippen molar-refractivity contribution in [2.24, 2.45) is 5.92 Å². The molecule has 1 rings (SSSR count). The number of hydrogen-bond donors (Lipinski definition) is 0. The largest absolute Gasteiger partial charge is 0.207 e. The first-order valence-corrected chi connectivity index (χ1v) is 3.76. The van der Waals surface area contributed by atoms with Crippen molar-refractivity contribution in [2.45, 2.75) is 13.3 Å². The molecule has 0 N–H and O–H groups in total.